The standard InChI is InChI=1S/C23H29N5O5S2.C23H29N5O3S2/c1-4-24-22(31)26-19-18(15-7-5-6-8-16(15)34-19)20(29)28-11-9-23(10-12-28)21(30)25-17(27-23)13-35(32,33)14(2)3;1-4-24-22(31)26-19-18(15-7-5-6-8-16(15)33-19)20(29)28-11-9-23(10-12-28)21(30)25-17(27-23)13-32-14(2)3/h5-8,14H,4,9-13H2,1-3H3,(H2,24,26,31)(H,25,27,30);5-8,14H,4,9-13H2,1-3H3,(H2,24,26,31)(H,25,27,30). The number of hydrogen-bond acceptors (Lipinski definition) is 13. The van der Waals surface area contributed by atoms with Gasteiger partial charge in [-0.15, -0.1) is 22.7 Å². The van der Waals surface area contributed by atoms with Crippen LogP contribution in [0.3, 0.4) is 0 Å². The second kappa shape index (κ2) is 21.0. The quantitative estimate of drug-likeness (QED) is 0.0966. The number of aliphatic imine (C=N–C) groups is 2. The minimum Gasteiger partial charge on any atom is -0.338 e. The average molecular weight is 1010 g/mol. The van der Waals surface area contributed by atoms with Crippen LogP contribution in [0.4, 0.5) is 19.6 Å². The van der Waals surface area contributed by atoms with Crippen molar-refractivity contribution in [1.29, 1.82) is 0 Å². The zero-order valence-electron chi connectivity index (χ0n) is 38.9. The Kier molecular flexibility index (Phi) is 15.5. The molecule has 364 valence electrons. The Morgan fingerprint density at radius 1 is 0.691 bits per heavy atom. The van der Waals surface area contributed by atoms with Crippen LogP contribution in [0.25, 0.3) is 20.2 Å². The number of likely N-dealkylation sites (tertiary alicyclic amines) is 2. The summed E-state index contributed by atoms with van der Waals surface area (Å²) in [7, 11) is -3.40. The zero-order valence-corrected chi connectivity index (χ0v) is 42.2. The van der Waals surface area contributed by atoms with Crippen LogP contribution in [-0.4, -0.2) is 138 Å². The molecule has 22 heteroatoms. The third kappa shape index (κ3) is 10.8. The minimum absolute atomic E-state index is 0.0615. The second-order valence-electron chi connectivity index (χ2n) is 17.5. The summed E-state index contributed by atoms with van der Waals surface area (Å²) in [5.41, 5.74) is -0.901. The molecule has 0 bridgehead atoms. The van der Waals surface area contributed by atoms with Gasteiger partial charge in [-0.25, -0.2) is 18.0 Å². The van der Waals surface area contributed by atoms with E-state index in [0.29, 0.717) is 71.2 Å². The van der Waals surface area contributed by atoms with Gasteiger partial charge in [-0.3, -0.25) is 39.8 Å². The summed E-state index contributed by atoms with van der Waals surface area (Å²) >= 11 is 4.47. The van der Waals surface area contributed by atoms with Crippen LogP contribution in [0.1, 0.15) is 87.9 Å². The summed E-state index contributed by atoms with van der Waals surface area (Å²) in [5, 5.41) is 19.1. The number of thioether (sulfide) groups is 1. The topological polar surface area (TPSA) is 240 Å². The number of carbonyl (C=O) groups is 6. The lowest BCUT2D eigenvalue weighted by molar-refractivity contribution is -0.125. The molecule has 6 N–H and O–H groups in total. The van der Waals surface area contributed by atoms with Gasteiger partial charge in [0.25, 0.3) is 23.6 Å². The largest absolute Gasteiger partial charge is 0.338 e. The van der Waals surface area contributed by atoms with Crippen LogP contribution in [0.2, 0.25) is 0 Å². The van der Waals surface area contributed by atoms with Gasteiger partial charge in [0.2, 0.25) is 0 Å². The van der Waals surface area contributed by atoms with E-state index >= 15 is 0 Å². The monoisotopic (exact) mass is 1010 g/mol. The Morgan fingerprint density at radius 3 is 1.51 bits per heavy atom. The van der Waals surface area contributed by atoms with Crippen molar-refractivity contribution in [3.8, 4) is 0 Å². The van der Waals surface area contributed by atoms with Gasteiger partial charge in [0.05, 0.1) is 22.1 Å². The summed E-state index contributed by atoms with van der Waals surface area (Å²) < 4.78 is 26.4. The number of carbonyl (C=O) groups excluding carboxylic acids is 6. The first kappa shape index (κ1) is 50.3. The van der Waals surface area contributed by atoms with Crippen molar-refractivity contribution in [3.63, 3.8) is 0 Å². The fourth-order valence-electron chi connectivity index (χ4n) is 8.37. The number of fused-ring (bicyclic) bond motifs is 2. The van der Waals surface area contributed by atoms with Crippen molar-refractivity contribution in [2.75, 3.05) is 61.4 Å². The molecule has 2 aromatic carbocycles. The molecule has 0 atom stereocenters. The number of rotatable bonds is 12. The molecule has 2 saturated heterocycles. The molecular formula is C46H58N10O8S4. The molecular weight excluding hydrogens is 949 g/mol. The molecule has 0 saturated carbocycles. The van der Waals surface area contributed by atoms with Crippen molar-refractivity contribution < 1.29 is 37.2 Å². The normalized spacial score (nSPS) is 17.5. The first-order valence-electron chi connectivity index (χ1n) is 22.7. The third-order valence-corrected chi connectivity index (χ3v) is 17.6. The molecule has 0 aliphatic carbocycles. The molecule has 0 radical (unpaired) electrons. The minimum atomic E-state index is -3.40. The van der Waals surface area contributed by atoms with Crippen molar-refractivity contribution in [2.24, 2.45) is 9.98 Å². The van der Waals surface area contributed by atoms with Crippen LogP contribution < -0.4 is 31.9 Å². The SMILES string of the molecule is CCNC(=O)Nc1sc2ccccc2c1C(=O)N1CCC2(CC1)N=C(CS(=O)(=O)C(C)C)NC2=O.CCNC(=O)Nc1sc2ccccc2c1C(=O)N1CCC2(CC1)N=C(CSC(C)C)NC2=O. The van der Waals surface area contributed by atoms with Crippen LogP contribution in [0.15, 0.2) is 58.5 Å². The number of anilines is 2. The molecule has 4 aliphatic rings. The van der Waals surface area contributed by atoms with E-state index in [9.17, 15) is 37.2 Å². The lowest BCUT2D eigenvalue weighted by atomic mass is 9.87. The smallest absolute Gasteiger partial charge is 0.319 e. The van der Waals surface area contributed by atoms with Crippen LogP contribution >= 0.6 is 34.4 Å². The van der Waals surface area contributed by atoms with E-state index in [2.05, 4.69) is 50.7 Å². The second-order valence-corrected chi connectivity index (χ2v) is 23.7. The summed E-state index contributed by atoms with van der Waals surface area (Å²) in [6, 6.07) is 14.4. The number of hydrogen-bond donors (Lipinski definition) is 6. The number of amidine groups is 2. The fourth-order valence-corrected chi connectivity index (χ4v) is 12.0. The van der Waals surface area contributed by atoms with Crippen molar-refractivity contribution >= 4 is 122 Å². The molecule has 8 rings (SSSR count). The van der Waals surface area contributed by atoms with Gasteiger partial charge in [-0.1, -0.05) is 50.2 Å². The summed E-state index contributed by atoms with van der Waals surface area (Å²) in [4.78, 5) is 89.7. The predicted molar refractivity (Wildman–Crippen MR) is 272 cm³/mol. The number of piperidine rings is 2. The van der Waals surface area contributed by atoms with Gasteiger partial charge in [0.1, 0.15) is 38.5 Å². The van der Waals surface area contributed by atoms with Crippen LogP contribution in [0, 0.1) is 0 Å². The Bertz CT molecular complexity index is 2780. The highest BCUT2D eigenvalue weighted by molar-refractivity contribution is 8.00. The predicted octanol–water partition coefficient (Wildman–Crippen LogP) is 6.06. The Morgan fingerprint density at radius 2 is 1.10 bits per heavy atom. The number of sulfone groups is 1. The average Bonchev–Trinajstić information content (AvgIpc) is 4.02. The lowest BCUT2D eigenvalue weighted by Gasteiger charge is -2.35. The van der Waals surface area contributed by atoms with Crippen molar-refractivity contribution in [2.45, 2.75) is 88.8 Å². The highest BCUT2D eigenvalue weighted by atomic mass is 32.2. The maximum absolute atomic E-state index is 13.6. The molecule has 8 amide bonds. The first-order valence-corrected chi connectivity index (χ1v) is 27.1. The van der Waals surface area contributed by atoms with Gasteiger partial charge in [0, 0.05) is 59.4 Å². The number of nitrogens with zero attached hydrogens (tertiary/aromatic N) is 4. The van der Waals surface area contributed by atoms with E-state index in [1.54, 1.807) is 35.4 Å². The molecule has 2 spiro atoms. The number of nitrogens with one attached hydrogen (secondary N) is 6. The van der Waals surface area contributed by atoms with E-state index in [0.717, 1.165) is 26.0 Å². The Hall–Kier alpha value is -5.58. The number of urea groups is 2. The maximum atomic E-state index is 13.6. The Labute approximate surface area is 407 Å². The van der Waals surface area contributed by atoms with Gasteiger partial charge < -0.3 is 31.1 Å². The van der Waals surface area contributed by atoms with E-state index in [1.165, 1.54) is 22.7 Å². The fraction of sp³-hybridized carbons (Fsp3) is 0.478. The molecule has 4 aromatic rings. The highest BCUT2D eigenvalue weighted by Gasteiger charge is 2.48. The van der Waals surface area contributed by atoms with E-state index in [-0.39, 0.29) is 73.2 Å². The van der Waals surface area contributed by atoms with Crippen LogP contribution in [0.5, 0.6) is 0 Å². The summed E-state index contributed by atoms with van der Waals surface area (Å²) in [6.07, 6.45) is 1.55. The molecule has 4 aliphatic heterocycles. The van der Waals surface area contributed by atoms with E-state index < -0.39 is 26.2 Å². The highest BCUT2D eigenvalue weighted by Crippen LogP contribution is 2.40. The third-order valence-electron chi connectivity index (χ3n) is 12.2. The van der Waals surface area contributed by atoms with Crippen molar-refractivity contribution in [1.82, 2.24) is 31.1 Å². The summed E-state index contributed by atoms with van der Waals surface area (Å²) in [5.74, 6) is 0.532. The van der Waals surface area contributed by atoms with Gasteiger partial charge in [0.15, 0.2) is 9.84 Å². The molecule has 0 unspecified atom stereocenters. The number of thiophene rings is 2. The van der Waals surface area contributed by atoms with Gasteiger partial charge in [-0.2, -0.15) is 11.8 Å². The van der Waals surface area contributed by atoms with E-state index in [1.807, 2.05) is 62.4 Å². The maximum Gasteiger partial charge on any atom is 0.319 e. The first-order chi connectivity index (χ1) is 32.4. The molecule has 6 heterocycles. The molecule has 18 nitrogen and oxygen atoms in total. The van der Waals surface area contributed by atoms with Gasteiger partial charge >= 0.3 is 12.1 Å². The molecule has 68 heavy (non-hydrogen) atoms. The van der Waals surface area contributed by atoms with Gasteiger partial charge in [-0.05, 0) is 70.8 Å². The summed E-state index contributed by atoms with van der Waals surface area (Å²) in [6.45, 7) is 13.5. The number of benzene rings is 2. The molecule has 2 fully saturated rings. The van der Waals surface area contributed by atoms with Crippen molar-refractivity contribution in [3.05, 3.63) is 59.7 Å². The molecule has 2 aromatic heterocycles. The zero-order chi connectivity index (χ0) is 49.0. The Balaban J connectivity index is 0.000000202. The lowest BCUT2D eigenvalue weighted by Crippen LogP contribution is -2.50. The van der Waals surface area contributed by atoms with Crippen LogP contribution in [-0.2, 0) is 19.4 Å². The van der Waals surface area contributed by atoms with E-state index in [4.69, 9.17) is 4.99 Å². The number of amides is 8.